The first-order valence-electron chi connectivity index (χ1n) is 9.97. The second-order valence-electron chi connectivity index (χ2n) is 9.85. The van der Waals surface area contributed by atoms with E-state index < -0.39 is 27.4 Å². The van der Waals surface area contributed by atoms with Crippen molar-refractivity contribution in [3.8, 4) is 0 Å². The molecule has 1 aliphatic carbocycles. The Balaban J connectivity index is 1.10. The first-order valence-corrected chi connectivity index (χ1v) is 11.8. The largest absolute Gasteiger partial charge is 0.416 e. The summed E-state index contributed by atoms with van der Waals surface area (Å²) in [5, 5.41) is 0. The maximum atomic E-state index is 13.6. The van der Waals surface area contributed by atoms with Crippen LogP contribution in [0.4, 0.5) is 22.4 Å². The number of halogens is 4. The molecule has 1 aromatic carbocycles. The van der Waals surface area contributed by atoms with Gasteiger partial charge in [0.15, 0.2) is 9.84 Å². The summed E-state index contributed by atoms with van der Waals surface area (Å²) in [4.78, 5) is 16.0. The Labute approximate surface area is 171 Å². The van der Waals surface area contributed by atoms with Crippen LogP contribution in [-0.2, 0) is 22.4 Å². The second-order valence-corrected chi connectivity index (χ2v) is 11.9. The standard InChI is InChI=1S/C20H22F4N2O3S/c21-16-3-13(2-15(4-16)20(22,23)24)1-14-5-18(6-14)7-25(8-18)17(27)26-9-19(10-26)11-30(28,29)12-19/h2-4,14H,1,5-12H2. The zero-order valence-electron chi connectivity index (χ0n) is 16.2. The summed E-state index contributed by atoms with van der Waals surface area (Å²) >= 11 is 0. The van der Waals surface area contributed by atoms with Gasteiger partial charge in [-0.15, -0.1) is 0 Å². The van der Waals surface area contributed by atoms with Crippen molar-refractivity contribution >= 4 is 15.9 Å². The van der Waals surface area contributed by atoms with Crippen LogP contribution in [0.25, 0.3) is 0 Å². The molecule has 30 heavy (non-hydrogen) atoms. The number of amides is 2. The third-order valence-corrected chi connectivity index (χ3v) is 9.06. The topological polar surface area (TPSA) is 57.7 Å². The number of carbonyl (C=O) groups excluding carboxylic acids is 1. The maximum absolute atomic E-state index is 13.6. The van der Waals surface area contributed by atoms with Gasteiger partial charge in [0.1, 0.15) is 5.82 Å². The smallest absolute Gasteiger partial charge is 0.323 e. The fourth-order valence-electron chi connectivity index (χ4n) is 5.90. The Morgan fingerprint density at radius 3 is 2.10 bits per heavy atom. The van der Waals surface area contributed by atoms with Crippen molar-refractivity contribution in [3.05, 3.63) is 35.1 Å². The van der Waals surface area contributed by atoms with Gasteiger partial charge in [0.05, 0.1) is 17.1 Å². The molecular formula is C20H22F4N2O3S. The van der Waals surface area contributed by atoms with E-state index in [2.05, 4.69) is 0 Å². The molecule has 0 bridgehead atoms. The Hall–Kier alpha value is -1.84. The summed E-state index contributed by atoms with van der Waals surface area (Å²) < 4.78 is 74.9. The summed E-state index contributed by atoms with van der Waals surface area (Å²) in [6, 6.07) is 2.64. The number of rotatable bonds is 2. The summed E-state index contributed by atoms with van der Waals surface area (Å²) in [7, 11) is -2.91. The number of hydrogen-bond donors (Lipinski definition) is 0. The maximum Gasteiger partial charge on any atom is 0.416 e. The Morgan fingerprint density at radius 2 is 1.57 bits per heavy atom. The zero-order chi connectivity index (χ0) is 21.5. The van der Waals surface area contributed by atoms with Crippen molar-refractivity contribution in [1.29, 1.82) is 0 Å². The lowest BCUT2D eigenvalue weighted by molar-refractivity contribution is -0.137. The van der Waals surface area contributed by atoms with Crippen LogP contribution in [0.15, 0.2) is 18.2 Å². The van der Waals surface area contributed by atoms with Gasteiger partial charge in [-0.3, -0.25) is 0 Å². The van der Waals surface area contributed by atoms with Crippen LogP contribution < -0.4 is 0 Å². The van der Waals surface area contributed by atoms with Crippen molar-refractivity contribution in [1.82, 2.24) is 9.80 Å². The van der Waals surface area contributed by atoms with Crippen LogP contribution in [0.5, 0.6) is 0 Å². The lowest BCUT2D eigenvalue weighted by Gasteiger charge is -2.62. The van der Waals surface area contributed by atoms with E-state index in [1.54, 1.807) is 9.80 Å². The van der Waals surface area contributed by atoms with E-state index >= 15 is 0 Å². The van der Waals surface area contributed by atoms with Crippen LogP contribution in [0.3, 0.4) is 0 Å². The van der Waals surface area contributed by atoms with E-state index in [1.807, 2.05) is 0 Å². The summed E-state index contributed by atoms with van der Waals surface area (Å²) in [6.07, 6.45) is -2.53. The van der Waals surface area contributed by atoms with E-state index in [-0.39, 0.29) is 34.3 Å². The molecule has 0 radical (unpaired) electrons. The molecule has 10 heteroatoms. The third kappa shape index (κ3) is 3.36. The minimum absolute atomic E-state index is 0.0306. The van der Waals surface area contributed by atoms with Crippen LogP contribution in [0.2, 0.25) is 0 Å². The molecule has 5 nitrogen and oxygen atoms in total. The van der Waals surface area contributed by atoms with Crippen molar-refractivity contribution in [2.24, 2.45) is 16.7 Å². The minimum atomic E-state index is -4.56. The Kier molecular flexibility index (Phi) is 4.09. The molecule has 4 aliphatic rings. The van der Waals surface area contributed by atoms with E-state index in [0.717, 1.165) is 25.0 Å². The third-order valence-electron chi connectivity index (χ3n) is 6.95. The SMILES string of the molecule is O=C(N1CC2(CC(Cc3cc(F)cc(C(F)(F)F)c3)C2)C1)N1CC2(C1)CS(=O)(=O)C2. The van der Waals surface area contributed by atoms with Gasteiger partial charge in [-0.1, -0.05) is 0 Å². The van der Waals surface area contributed by atoms with Crippen LogP contribution >= 0.6 is 0 Å². The monoisotopic (exact) mass is 446 g/mol. The highest BCUT2D eigenvalue weighted by Gasteiger charge is 2.60. The molecule has 3 heterocycles. The summed E-state index contributed by atoms with van der Waals surface area (Å²) in [5.41, 5.74) is -0.795. The average Bonchev–Trinajstić information content (AvgIpc) is 2.49. The Morgan fingerprint density at radius 1 is 1.00 bits per heavy atom. The second kappa shape index (κ2) is 6.11. The number of sulfone groups is 1. The number of likely N-dealkylation sites (tertiary alicyclic amines) is 2. The zero-order valence-corrected chi connectivity index (χ0v) is 17.0. The number of benzene rings is 1. The molecule has 1 saturated carbocycles. The molecule has 1 aromatic rings. The molecule has 2 amide bonds. The van der Waals surface area contributed by atoms with Gasteiger partial charge in [0.25, 0.3) is 0 Å². The highest BCUT2D eigenvalue weighted by molar-refractivity contribution is 7.92. The van der Waals surface area contributed by atoms with E-state index in [4.69, 9.17) is 0 Å². The van der Waals surface area contributed by atoms with Gasteiger partial charge in [-0.05, 0) is 48.9 Å². The lowest BCUT2D eigenvalue weighted by atomic mass is 9.56. The summed E-state index contributed by atoms with van der Waals surface area (Å²) in [5.74, 6) is -0.338. The molecule has 3 saturated heterocycles. The van der Waals surface area contributed by atoms with Crippen LogP contribution in [0, 0.1) is 22.6 Å². The fraction of sp³-hybridized carbons (Fsp3) is 0.650. The molecule has 5 rings (SSSR count). The van der Waals surface area contributed by atoms with Crippen LogP contribution in [-0.4, -0.2) is 61.9 Å². The molecular weight excluding hydrogens is 424 g/mol. The van der Waals surface area contributed by atoms with Crippen LogP contribution in [0.1, 0.15) is 24.0 Å². The predicted octanol–water partition coefficient (Wildman–Crippen LogP) is 2.95. The van der Waals surface area contributed by atoms with E-state index in [9.17, 15) is 30.8 Å². The molecule has 4 fully saturated rings. The van der Waals surface area contributed by atoms with Crippen molar-refractivity contribution in [3.63, 3.8) is 0 Å². The molecule has 0 aromatic heterocycles. The first-order chi connectivity index (χ1) is 13.9. The fourth-order valence-corrected chi connectivity index (χ4v) is 8.05. The Bertz CT molecular complexity index is 989. The van der Waals surface area contributed by atoms with Gasteiger partial charge in [0, 0.05) is 37.0 Å². The normalized spacial score (nSPS) is 26.0. The first kappa shape index (κ1) is 20.1. The highest BCUT2D eigenvalue weighted by atomic mass is 32.2. The van der Waals surface area contributed by atoms with Gasteiger partial charge in [-0.25, -0.2) is 17.6 Å². The number of carbonyl (C=O) groups is 1. The van der Waals surface area contributed by atoms with Gasteiger partial charge >= 0.3 is 12.2 Å². The van der Waals surface area contributed by atoms with E-state index in [1.165, 1.54) is 0 Å². The molecule has 0 unspecified atom stereocenters. The van der Waals surface area contributed by atoms with Gasteiger partial charge in [-0.2, -0.15) is 13.2 Å². The van der Waals surface area contributed by atoms with Crippen molar-refractivity contribution in [2.45, 2.75) is 25.4 Å². The molecule has 2 spiro atoms. The quantitative estimate of drug-likeness (QED) is 0.657. The number of nitrogens with zero attached hydrogens (tertiary/aromatic N) is 2. The minimum Gasteiger partial charge on any atom is -0.323 e. The van der Waals surface area contributed by atoms with E-state index in [0.29, 0.717) is 44.2 Å². The molecule has 164 valence electrons. The lowest BCUT2D eigenvalue weighted by Crippen LogP contribution is -2.73. The number of alkyl halides is 3. The molecule has 0 atom stereocenters. The van der Waals surface area contributed by atoms with Crippen molar-refractivity contribution in [2.75, 3.05) is 37.7 Å². The molecule has 3 aliphatic heterocycles. The average molecular weight is 446 g/mol. The molecule has 0 N–H and O–H groups in total. The van der Waals surface area contributed by atoms with Crippen molar-refractivity contribution < 1.29 is 30.8 Å². The van der Waals surface area contributed by atoms with Gasteiger partial charge < -0.3 is 9.80 Å². The number of urea groups is 1. The van der Waals surface area contributed by atoms with Gasteiger partial charge in [0.2, 0.25) is 0 Å². The predicted molar refractivity (Wildman–Crippen MR) is 99.9 cm³/mol. The summed E-state index contributed by atoms with van der Waals surface area (Å²) in [6.45, 7) is 2.25. The highest BCUT2D eigenvalue weighted by Crippen LogP contribution is 2.53. The number of hydrogen-bond acceptors (Lipinski definition) is 3.